The normalized spacial score (nSPS) is 11.3. The van der Waals surface area contributed by atoms with E-state index in [1.807, 2.05) is 31.2 Å². The number of aromatic nitrogens is 1. The number of hydrogen-bond donors (Lipinski definition) is 2. The van der Waals surface area contributed by atoms with Gasteiger partial charge in [0.25, 0.3) is 15.9 Å². The van der Waals surface area contributed by atoms with Gasteiger partial charge in [-0.3, -0.25) is 14.8 Å². The van der Waals surface area contributed by atoms with Gasteiger partial charge in [0.15, 0.2) is 5.13 Å². The largest absolute Gasteiger partial charge is 0.497 e. The van der Waals surface area contributed by atoms with E-state index in [4.69, 9.17) is 4.74 Å². The molecule has 4 rings (SSSR count). The lowest BCUT2D eigenvalue weighted by Crippen LogP contribution is -2.15. The molecule has 158 valence electrons. The maximum Gasteiger partial charge on any atom is 0.261 e. The fourth-order valence-electron chi connectivity index (χ4n) is 2.89. The van der Waals surface area contributed by atoms with E-state index >= 15 is 0 Å². The van der Waals surface area contributed by atoms with Gasteiger partial charge in [0, 0.05) is 11.3 Å². The minimum Gasteiger partial charge on any atom is -0.497 e. The molecule has 1 heterocycles. The number of fused-ring (bicyclic) bond motifs is 1. The van der Waals surface area contributed by atoms with Crippen molar-refractivity contribution in [2.24, 2.45) is 0 Å². The first-order valence-electron chi connectivity index (χ1n) is 9.29. The number of aryl methyl sites for hydroxylation is 1. The highest BCUT2D eigenvalue weighted by atomic mass is 32.2. The predicted octanol–water partition coefficient (Wildman–Crippen LogP) is 4.67. The molecule has 9 heteroatoms. The highest BCUT2D eigenvalue weighted by Gasteiger charge is 2.17. The summed E-state index contributed by atoms with van der Waals surface area (Å²) < 4.78 is 34.1. The van der Waals surface area contributed by atoms with Crippen molar-refractivity contribution in [3.63, 3.8) is 0 Å². The lowest BCUT2D eigenvalue weighted by molar-refractivity contribution is 0.102. The van der Waals surface area contributed by atoms with Crippen LogP contribution < -0.4 is 14.8 Å². The van der Waals surface area contributed by atoms with Crippen molar-refractivity contribution in [2.75, 3.05) is 17.1 Å². The highest BCUT2D eigenvalue weighted by molar-refractivity contribution is 7.92. The minimum absolute atomic E-state index is 0.00485. The molecule has 7 nitrogen and oxygen atoms in total. The van der Waals surface area contributed by atoms with Crippen LogP contribution in [-0.4, -0.2) is 26.4 Å². The van der Waals surface area contributed by atoms with Crippen molar-refractivity contribution < 1.29 is 17.9 Å². The summed E-state index contributed by atoms with van der Waals surface area (Å²) in [5, 5.41) is 3.15. The molecule has 0 radical (unpaired) electrons. The Morgan fingerprint density at radius 2 is 1.81 bits per heavy atom. The Bertz CT molecular complexity index is 1360. The lowest BCUT2D eigenvalue weighted by Gasteiger charge is -2.09. The molecule has 1 amide bonds. The SMILES string of the molecule is COc1ccc2nc(NC(=O)c3cccc(S(=O)(=O)Nc4ccc(C)cc4)c3)sc2c1. The van der Waals surface area contributed by atoms with Crippen molar-refractivity contribution in [1.82, 2.24) is 4.98 Å². The Labute approximate surface area is 183 Å². The van der Waals surface area contributed by atoms with Crippen LogP contribution in [0, 0.1) is 6.92 Å². The zero-order chi connectivity index (χ0) is 22.0. The van der Waals surface area contributed by atoms with E-state index in [9.17, 15) is 13.2 Å². The first-order valence-corrected chi connectivity index (χ1v) is 11.6. The molecule has 2 N–H and O–H groups in total. The molecule has 0 saturated heterocycles. The quantitative estimate of drug-likeness (QED) is 0.442. The summed E-state index contributed by atoms with van der Waals surface area (Å²) in [4.78, 5) is 17.1. The number of methoxy groups -OCH3 is 1. The van der Waals surface area contributed by atoms with Gasteiger partial charge < -0.3 is 4.74 Å². The molecule has 0 spiro atoms. The summed E-state index contributed by atoms with van der Waals surface area (Å²) in [5.41, 5.74) is 2.42. The van der Waals surface area contributed by atoms with Crippen molar-refractivity contribution in [1.29, 1.82) is 0 Å². The fraction of sp³-hybridized carbons (Fsp3) is 0.0909. The number of thiazole rings is 1. The molecule has 0 saturated carbocycles. The van der Waals surface area contributed by atoms with Crippen LogP contribution in [0.25, 0.3) is 10.2 Å². The number of anilines is 2. The number of ether oxygens (including phenoxy) is 1. The number of sulfonamides is 1. The van der Waals surface area contributed by atoms with Crippen molar-refractivity contribution in [3.05, 3.63) is 77.9 Å². The summed E-state index contributed by atoms with van der Waals surface area (Å²) in [6.45, 7) is 1.92. The number of nitrogens with zero attached hydrogens (tertiary/aromatic N) is 1. The third-order valence-corrected chi connectivity index (χ3v) is 6.84. The molecule has 0 fully saturated rings. The first-order chi connectivity index (χ1) is 14.8. The second-order valence-corrected chi connectivity index (χ2v) is 9.52. The Kier molecular flexibility index (Phi) is 5.62. The van der Waals surface area contributed by atoms with Gasteiger partial charge in [-0.1, -0.05) is 35.1 Å². The maximum atomic E-state index is 12.7. The average Bonchev–Trinajstić information content (AvgIpc) is 3.16. The third kappa shape index (κ3) is 4.68. The van der Waals surface area contributed by atoms with Gasteiger partial charge in [-0.05, 0) is 55.5 Å². The Balaban J connectivity index is 1.54. The molecule has 31 heavy (non-hydrogen) atoms. The van der Waals surface area contributed by atoms with Crippen molar-refractivity contribution in [3.8, 4) is 5.75 Å². The zero-order valence-electron chi connectivity index (χ0n) is 16.7. The van der Waals surface area contributed by atoms with E-state index in [1.165, 1.54) is 29.5 Å². The molecule has 0 unspecified atom stereocenters. The monoisotopic (exact) mass is 453 g/mol. The molecular weight excluding hydrogens is 434 g/mol. The number of nitrogens with one attached hydrogen (secondary N) is 2. The number of hydrogen-bond acceptors (Lipinski definition) is 6. The third-order valence-electron chi connectivity index (χ3n) is 4.53. The van der Waals surface area contributed by atoms with E-state index in [0.717, 1.165) is 15.8 Å². The van der Waals surface area contributed by atoms with E-state index in [0.29, 0.717) is 16.6 Å². The number of rotatable bonds is 6. The van der Waals surface area contributed by atoms with E-state index < -0.39 is 15.9 Å². The molecule has 4 aromatic rings. The number of benzene rings is 3. The van der Waals surface area contributed by atoms with Gasteiger partial charge in [0.2, 0.25) is 0 Å². The van der Waals surface area contributed by atoms with Gasteiger partial charge in [-0.25, -0.2) is 13.4 Å². The van der Waals surface area contributed by atoms with Crippen LogP contribution in [0.15, 0.2) is 71.6 Å². The van der Waals surface area contributed by atoms with Crippen LogP contribution in [-0.2, 0) is 10.0 Å². The molecule has 0 aliphatic carbocycles. The van der Waals surface area contributed by atoms with Crippen LogP contribution in [0.2, 0.25) is 0 Å². The molecule has 1 aromatic heterocycles. The van der Waals surface area contributed by atoms with Gasteiger partial charge in [-0.15, -0.1) is 0 Å². The number of amides is 1. The summed E-state index contributed by atoms with van der Waals surface area (Å²) in [6.07, 6.45) is 0. The summed E-state index contributed by atoms with van der Waals surface area (Å²) in [6, 6.07) is 18.3. The Hall–Kier alpha value is -3.43. The Morgan fingerprint density at radius 3 is 2.55 bits per heavy atom. The van der Waals surface area contributed by atoms with Crippen molar-refractivity contribution in [2.45, 2.75) is 11.8 Å². The molecule has 3 aromatic carbocycles. The van der Waals surface area contributed by atoms with Gasteiger partial charge in [0.1, 0.15) is 5.75 Å². The van der Waals surface area contributed by atoms with Crippen LogP contribution >= 0.6 is 11.3 Å². The topological polar surface area (TPSA) is 97.4 Å². The van der Waals surface area contributed by atoms with E-state index in [1.54, 1.807) is 31.4 Å². The van der Waals surface area contributed by atoms with Crippen molar-refractivity contribution >= 4 is 48.3 Å². The standard InChI is InChI=1S/C22H19N3O4S2/c1-14-6-8-16(9-7-14)25-31(27,28)18-5-3-4-15(12-18)21(26)24-22-23-19-11-10-17(29-2)13-20(19)30-22/h3-13,25H,1-2H3,(H,23,24,26). The zero-order valence-corrected chi connectivity index (χ0v) is 18.4. The van der Waals surface area contributed by atoms with Crippen LogP contribution in [0.1, 0.15) is 15.9 Å². The summed E-state index contributed by atoms with van der Waals surface area (Å²) >= 11 is 1.31. The molecule has 0 atom stereocenters. The first kappa shape index (κ1) is 20.8. The van der Waals surface area contributed by atoms with Crippen LogP contribution in [0.5, 0.6) is 5.75 Å². The van der Waals surface area contributed by atoms with Gasteiger partial charge in [-0.2, -0.15) is 0 Å². The summed E-state index contributed by atoms with van der Waals surface area (Å²) in [5.74, 6) is 0.256. The molecule has 0 bridgehead atoms. The minimum atomic E-state index is -3.84. The molecule has 0 aliphatic heterocycles. The summed E-state index contributed by atoms with van der Waals surface area (Å²) in [7, 11) is -2.26. The average molecular weight is 454 g/mol. The number of carbonyl (C=O) groups is 1. The number of carbonyl (C=O) groups excluding carboxylic acids is 1. The lowest BCUT2D eigenvalue weighted by atomic mass is 10.2. The maximum absolute atomic E-state index is 12.7. The predicted molar refractivity (Wildman–Crippen MR) is 123 cm³/mol. The van der Waals surface area contributed by atoms with E-state index in [2.05, 4.69) is 15.0 Å². The Morgan fingerprint density at radius 1 is 1.03 bits per heavy atom. The van der Waals surface area contributed by atoms with Crippen LogP contribution in [0.3, 0.4) is 0 Å². The molecular formula is C22H19N3O4S2. The van der Waals surface area contributed by atoms with Gasteiger partial charge >= 0.3 is 0 Å². The fourth-order valence-corrected chi connectivity index (χ4v) is 4.89. The molecule has 0 aliphatic rings. The smallest absolute Gasteiger partial charge is 0.261 e. The van der Waals surface area contributed by atoms with Gasteiger partial charge in [0.05, 0.1) is 22.2 Å². The highest BCUT2D eigenvalue weighted by Crippen LogP contribution is 2.29. The van der Waals surface area contributed by atoms with E-state index in [-0.39, 0.29) is 10.5 Å². The second kappa shape index (κ2) is 8.37. The second-order valence-electron chi connectivity index (χ2n) is 6.81. The van der Waals surface area contributed by atoms with Crippen LogP contribution in [0.4, 0.5) is 10.8 Å².